The quantitative estimate of drug-likeness (QED) is 0.736. The Hall–Kier alpha value is -1.22. The van der Waals surface area contributed by atoms with Crippen molar-refractivity contribution in [2.45, 2.75) is 25.4 Å². The van der Waals surface area contributed by atoms with E-state index in [2.05, 4.69) is 0 Å². The van der Waals surface area contributed by atoms with Gasteiger partial charge < -0.3 is 14.6 Å². The molecular weight excluding hydrogens is 180 g/mol. The van der Waals surface area contributed by atoms with Gasteiger partial charge in [0.1, 0.15) is 0 Å². The second-order valence-corrected chi connectivity index (χ2v) is 4.00. The van der Waals surface area contributed by atoms with E-state index in [9.17, 15) is 5.11 Å². The summed E-state index contributed by atoms with van der Waals surface area (Å²) in [5.41, 5.74) is 1.41. The summed E-state index contributed by atoms with van der Waals surface area (Å²) in [6, 6.07) is 3.82. The van der Waals surface area contributed by atoms with Crippen molar-refractivity contribution in [2.24, 2.45) is 0 Å². The first-order valence-corrected chi connectivity index (χ1v) is 4.83. The summed E-state index contributed by atoms with van der Waals surface area (Å²) in [6.07, 6.45) is 1.71. The molecule has 1 aliphatic heterocycles. The van der Waals surface area contributed by atoms with Crippen molar-refractivity contribution in [1.82, 2.24) is 0 Å². The molecule has 0 saturated heterocycles. The maximum absolute atomic E-state index is 10.0. The van der Waals surface area contributed by atoms with Crippen LogP contribution in [0.3, 0.4) is 0 Å². The Kier molecular flexibility index (Phi) is 1.40. The highest BCUT2D eigenvalue weighted by Crippen LogP contribution is 2.50. The molecule has 2 aliphatic rings. The Labute approximate surface area is 82.3 Å². The number of benzene rings is 1. The number of fused-ring (bicyclic) bond motifs is 1. The second kappa shape index (κ2) is 2.42. The van der Waals surface area contributed by atoms with Gasteiger partial charge in [-0.15, -0.1) is 0 Å². The van der Waals surface area contributed by atoms with Crippen molar-refractivity contribution in [3.63, 3.8) is 0 Å². The zero-order valence-electron chi connectivity index (χ0n) is 8.04. The normalized spacial score (nSPS) is 21.0. The Morgan fingerprint density at radius 1 is 1.29 bits per heavy atom. The van der Waals surface area contributed by atoms with Crippen LogP contribution in [-0.4, -0.2) is 11.9 Å². The Morgan fingerprint density at radius 3 is 2.79 bits per heavy atom. The van der Waals surface area contributed by atoms with Gasteiger partial charge in [0.2, 0.25) is 6.79 Å². The Bertz CT molecular complexity index is 394. The van der Waals surface area contributed by atoms with Gasteiger partial charge in [0.25, 0.3) is 0 Å². The highest BCUT2D eigenvalue weighted by Gasteiger charge is 2.44. The fraction of sp³-hybridized carbons (Fsp3) is 0.455. The lowest BCUT2D eigenvalue weighted by Crippen LogP contribution is -2.06. The van der Waals surface area contributed by atoms with Crippen molar-refractivity contribution in [1.29, 1.82) is 0 Å². The number of hydrogen-bond donors (Lipinski definition) is 1. The highest BCUT2D eigenvalue weighted by atomic mass is 16.7. The van der Waals surface area contributed by atoms with Crippen LogP contribution in [0.25, 0.3) is 0 Å². The van der Waals surface area contributed by atoms with Crippen LogP contribution < -0.4 is 9.47 Å². The van der Waals surface area contributed by atoms with E-state index in [0.29, 0.717) is 0 Å². The van der Waals surface area contributed by atoms with Crippen molar-refractivity contribution < 1.29 is 14.6 Å². The average Bonchev–Trinajstić information content (AvgIpc) is 2.75. The zero-order chi connectivity index (χ0) is 9.76. The van der Waals surface area contributed by atoms with E-state index in [4.69, 9.17) is 9.47 Å². The number of aliphatic hydroxyl groups is 1. The van der Waals surface area contributed by atoms with Crippen molar-refractivity contribution >= 4 is 0 Å². The first kappa shape index (κ1) is 8.12. The monoisotopic (exact) mass is 192 g/mol. The van der Waals surface area contributed by atoms with E-state index < -0.39 is 5.60 Å². The summed E-state index contributed by atoms with van der Waals surface area (Å²) >= 11 is 0. The fourth-order valence-electron chi connectivity index (χ4n) is 2.00. The first-order valence-electron chi connectivity index (χ1n) is 4.83. The van der Waals surface area contributed by atoms with E-state index >= 15 is 0 Å². The molecule has 0 aromatic heterocycles. The van der Waals surface area contributed by atoms with Crippen molar-refractivity contribution in [3.8, 4) is 11.5 Å². The first-order chi connectivity index (χ1) is 6.71. The molecule has 1 aromatic rings. The predicted octanol–water partition coefficient (Wildman–Crippen LogP) is 1.71. The molecular formula is C11H12O3. The van der Waals surface area contributed by atoms with Crippen LogP contribution >= 0.6 is 0 Å². The lowest BCUT2D eigenvalue weighted by Gasteiger charge is -2.13. The molecule has 1 N–H and O–H groups in total. The molecule has 0 radical (unpaired) electrons. The van der Waals surface area contributed by atoms with Crippen LogP contribution in [0.15, 0.2) is 12.1 Å². The number of hydrogen-bond acceptors (Lipinski definition) is 3. The van der Waals surface area contributed by atoms with Gasteiger partial charge in [-0.25, -0.2) is 0 Å². The van der Waals surface area contributed by atoms with Crippen LogP contribution in [0, 0.1) is 6.92 Å². The van der Waals surface area contributed by atoms with Crippen molar-refractivity contribution in [2.75, 3.05) is 6.79 Å². The molecule has 1 saturated carbocycles. The summed E-state index contributed by atoms with van der Waals surface area (Å²) in [7, 11) is 0. The molecule has 3 nitrogen and oxygen atoms in total. The number of ether oxygens (including phenoxy) is 2. The third-order valence-electron chi connectivity index (χ3n) is 3.01. The lowest BCUT2D eigenvalue weighted by atomic mass is 10.0. The molecule has 0 unspecified atom stereocenters. The van der Waals surface area contributed by atoms with E-state index in [0.717, 1.165) is 35.5 Å². The van der Waals surface area contributed by atoms with E-state index in [1.54, 1.807) is 0 Å². The molecule has 0 amide bonds. The second-order valence-electron chi connectivity index (χ2n) is 4.00. The zero-order valence-corrected chi connectivity index (χ0v) is 8.04. The molecule has 1 aromatic carbocycles. The van der Waals surface area contributed by atoms with Crippen LogP contribution in [0.5, 0.6) is 11.5 Å². The molecule has 0 spiro atoms. The molecule has 0 bridgehead atoms. The molecule has 74 valence electrons. The molecule has 3 heteroatoms. The van der Waals surface area contributed by atoms with E-state index in [-0.39, 0.29) is 6.79 Å². The Balaban J connectivity index is 2.15. The smallest absolute Gasteiger partial charge is 0.231 e. The van der Waals surface area contributed by atoms with Crippen LogP contribution in [0.4, 0.5) is 0 Å². The minimum atomic E-state index is -0.592. The minimum absolute atomic E-state index is 0.290. The standard InChI is InChI=1S/C11H12O3/c1-7-8(11(12)4-5-11)2-3-9-10(7)14-6-13-9/h2-3,12H,4-6H2,1H3. The molecule has 0 atom stereocenters. The van der Waals surface area contributed by atoms with Crippen molar-refractivity contribution in [3.05, 3.63) is 23.3 Å². The van der Waals surface area contributed by atoms with Gasteiger partial charge in [-0.1, -0.05) is 6.07 Å². The molecule has 1 heterocycles. The van der Waals surface area contributed by atoms with Gasteiger partial charge in [-0.05, 0) is 31.4 Å². The third kappa shape index (κ3) is 0.960. The Morgan fingerprint density at radius 2 is 2.07 bits per heavy atom. The van der Waals surface area contributed by atoms with Gasteiger partial charge in [0, 0.05) is 5.56 Å². The largest absolute Gasteiger partial charge is 0.454 e. The fourth-order valence-corrected chi connectivity index (χ4v) is 2.00. The molecule has 3 rings (SSSR count). The predicted molar refractivity (Wildman–Crippen MR) is 50.4 cm³/mol. The van der Waals surface area contributed by atoms with Gasteiger partial charge in [0.05, 0.1) is 5.60 Å². The summed E-state index contributed by atoms with van der Waals surface area (Å²) in [4.78, 5) is 0. The van der Waals surface area contributed by atoms with E-state index in [1.807, 2.05) is 19.1 Å². The van der Waals surface area contributed by atoms with Crippen LogP contribution in [-0.2, 0) is 5.60 Å². The highest BCUT2D eigenvalue weighted by molar-refractivity contribution is 5.53. The average molecular weight is 192 g/mol. The van der Waals surface area contributed by atoms with Gasteiger partial charge in [0.15, 0.2) is 11.5 Å². The SMILES string of the molecule is Cc1c(C2(O)CC2)ccc2c1OCO2. The lowest BCUT2D eigenvalue weighted by molar-refractivity contribution is 0.149. The summed E-state index contributed by atoms with van der Waals surface area (Å²) < 4.78 is 10.6. The van der Waals surface area contributed by atoms with Gasteiger partial charge >= 0.3 is 0 Å². The van der Waals surface area contributed by atoms with Crippen LogP contribution in [0.1, 0.15) is 24.0 Å². The van der Waals surface area contributed by atoms with E-state index in [1.165, 1.54) is 0 Å². The van der Waals surface area contributed by atoms with Gasteiger partial charge in [-0.3, -0.25) is 0 Å². The molecule has 1 fully saturated rings. The topological polar surface area (TPSA) is 38.7 Å². The molecule has 1 aliphatic carbocycles. The summed E-state index contributed by atoms with van der Waals surface area (Å²) in [5.74, 6) is 1.58. The maximum atomic E-state index is 10.0. The van der Waals surface area contributed by atoms with Gasteiger partial charge in [-0.2, -0.15) is 0 Å². The van der Waals surface area contributed by atoms with Crippen LogP contribution in [0.2, 0.25) is 0 Å². The third-order valence-corrected chi connectivity index (χ3v) is 3.01. The summed E-state index contributed by atoms with van der Waals surface area (Å²) in [5, 5.41) is 10.0. The number of rotatable bonds is 1. The molecule has 14 heavy (non-hydrogen) atoms. The maximum Gasteiger partial charge on any atom is 0.231 e. The summed E-state index contributed by atoms with van der Waals surface area (Å²) in [6.45, 7) is 2.26. The minimum Gasteiger partial charge on any atom is -0.454 e.